The SMILES string of the molecule is C=CC(=O)NCC1(OC)CCCCCC1. The summed E-state index contributed by atoms with van der Waals surface area (Å²) in [4.78, 5) is 11.1. The van der Waals surface area contributed by atoms with Gasteiger partial charge in [0.25, 0.3) is 0 Å². The Morgan fingerprint density at radius 1 is 1.40 bits per heavy atom. The van der Waals surface area contributed by atoms with E-state index in [2.05, 4.69) is 11.9 Å². The van der Waals surface area contributed by atoms with Gasteiger partial charge in [0, 0.05) is 13.7 Å². The summed E-state index contributed by atoms with van der Waals surface area (Å²) in [6.45, 7) is 4.04. The molecule has 1 saturated carbocycles. The zero-order chi connectivity index (χ0) is 11.1. The van der Waals surface area contributed by atoms with Crippen LogP contribution in [0.2, 0.25) is 0 Å². The minimum absolute atomic E-state index is 0.115. The van der Waals surface area contributed by atoms with Gasteiger partial charge in [-0.3, -0.25) is 4.79 Å². The summed E-state index contributed by atoms with van der Waals surface area (Å²) in [6, 6.07) is 0. The van der Waals surface area contributed by atoms with Gasteiger partial charge in [0.2, 0.25) is 5.91 Å². The fourth-order valence-electron chi connectivity index (χ4n) is 2.15. The molecule has 1 rings (SSSR count). The molecule has 0 radical (unpaired) electrons. The zero-order valence-corrected chi connectivity index (χ0v) is 9.55. The first kappa shape index (κ1) is 12.2. The third-order valence-electron chi connectivity index (χ3n) is 3.22. The Hall–Kier alpha value is -0.830. The molecular formula is C12H21NO2. The molecule has 0 aromatic carbocycles. The second-order valence-electron chi connectivity index (χ2n) is 4.22. The maximum atomic E-state index is 11.1. The number of methoxy groups -OCH3 is 1. The van der Waals surface area contributed by atoms with E-state index in [0.717, 1.165) is 12.8 Å². The van der Waals surface area contributed by atoms with E-state index in [1.54, 1.807) is 7.11 Å². The predicted octanol–water partition coefficient (Wildman–Crippen LogP) is 2.03. The van der Waals surface area contributed by atoms with E-state index < -0.39 is 0 Å². The summed E-state index contributed by atoms with van der Waals surface area (Å²) in [5, 5.41) is 2.84. The van der Waals surface area contributed by atoms with Crippen LogP contribution in [0.4, 0.5) is 0 Å². The maximum absolute atomic E-state index is 11.1. The average Bonchev–Trinajstić information content (AvgIpc) is 2.52. The molecule has 0 aromatic rings. The van der Waals surface area contributed by atoms with Crippen molar-refractivity contribution >= 4 is 5.91 Å². The second-order valence-corrected chi connectivity index (χ2v) is 4.22. The van der Waals surface area contributed by atoms with Crippen molar-refractivity contribution < 1.29 is 9.53 Å². The van der Waals surface area contributed by atoms with Gasteiger partial charge in [-0.25, -0.2) is 0 Å². The van der Waals surface area contributed by atoms with Crippen LogP contribution in [-0.2, 0) is 9.53 Å². The van der Waals surface area contributed by atoms with Crippen LogP contribution in [0.3, 0.4) is 0 Å². The molecular weight excluding hydrogens is 190 g/mol. The molecule has 0 heterocycles. The summed E-state index contributed by atoms with van der Waals surface area (Å²) in [6.07, 6.45) is 8.33. The zero-order valence-electron chi connectivity index (χ0n) is 9.55. The molecule has 1 amide bonds. The van der Waals surface area contributed by atoms with Gasteiger partial charge in [-0.1, -0.05) is 32.3 Å². The van der Waals surface area contributed by atoms with E-state index in [0.29, 0.717) is 6.54 Å². The number of carbonyl (C=O) groups excluding carboxylic acids is 1. The Kier molecular flexibility index (Phi) is 4.82. The van der Waals surface area contributed by atoms with Crippen molar-refractivity contribution in [2.24, 2.45) is 0 Å². The lowest BCUT2D eigenvalue weighted by Gasteiger charge is -2.31. The van der Waals surface area contributed by atoms with Crippen LogP contribution in [0.25, 0.3) is 0 Å². The summed E-state index contributed by atoms with van der Waals surface area (Å²) in [5.74, 6) is -0.115. The van der Waals surface area contributed by atoms with Crippen LogP contribution in [0.5, 0.6) is 0 Å². The molecule has 3 nitrogen and oxygen atoms in total. The number of carbonyl (C=O) groups is 1. The average molecular weight is 211 g/mol. The number of amides is 1. The number of ether oxygens (including phenoxy) is 1. The van der Waals surface area contributed by atoms with Crippen molar-refractivity contribution in [1.29, 1.82) is 0 Å². The predicted molar refractivity (Wildman–Crippen MR) is 60.6 cm³/mol. The van der Waals surface area contributed by atoms with E-state index in [1.807, 2.05) is 0 Å². The van der Waals surface area contributed by atoms with Crippen LogP contribution < -0.4 is 5.32 Å². The normalized spacial score (nSPS) is 20.3. The minimum atomic E-state index is -0.144. The molecule has 0 atom stereocenters. The molecule has 0 spiro atoms. The monoisotopic (exact) mass is 211 g/mol. The highest BCUT2D eigenvalue weighted by molar-refractivity contribution is 5.86. The molecule has 0 aromatic heterocycles. The molecule has 0 saturated heterocycles. The summed E-state index contributed by atoms with van der Waals surface area (Å²) in [7, 11) is 1.74. The van der Waals surface area contributed by atoms with Crippen LogP contribution in [0, 0.1) is 0 Å². The van der Waals surface area contributed by atoms with Crippen molar-refractivity contribution in [2.45, 2.75) is 44.1 Å². The molecule has 0 aliphatic heterocycles. The Balaban J connectivity index is 2.49. The van der Waals surface area contributed by atoms with Crippen LogP contribution in [0.1, 0.15) is 38.5 Å². The molecule has 86 valence electrons. The molecule has 1 aliphatic carbocycles. The summed E-state index contributed by atoms with van der Waals surface area (Å²) < 4.78 is 5.60. The van der Waals surface area contributed by atoms with Gasteiger partial charge in [-0.05, 0) is 18.9 Å². The van der Waals surface area contributed by atoms with Crippen molar-refractivity contribution in [3.8, 4) is 0 Å². The molecule has 3 heteroatoms. The molecule has 1 N–H and O–H groups in total. The van der Waals surface area contributed by atoms with Gasteiger partial charge >= 0.3 is 0 Å². The lowest BCUT2D eigenvalue weighted by atomic mass is 9.94. The van der Waals surface area contributed by atoms with Crippen LogP contribution in [-0.4, -0.2) is 25.2 Å². The summed E-state index contributed by atoms with van der Waals surface area (Å²) in [5.41, 5.74) is -0.144. The van der Waals surface area contributed by atoms with E-state index in [9.17, 15) is 4.79 Å². The van der Waals surface area contributed by atoms with Crippen molar-refractivity contribution in [3.63, 3.8) is 0 Å². The Labute approximate surface area is 91.9 Å². The molecule has 15 heavy (non-hydrogen) atoms. The first-order valence-corrected chi connectivity index (χ1v) is 5.68. The summed E-state index contributed by atoms with van der Waals surface area (Å²) >= 11 is 0. The smallest absolute Gasteiger partial charge is 0.243 e. The van der Waals surface area contributed by atoms with Crippen molar-refractivity contribution in [2.75, 3.05) is 13.7 Å². The first-order chi connectivity index (χ1) is 7.22. The third kappa shape index (κ3) is 3.67. The second kappa shape index (κ2) is 5.91. The molecule has 1 aliphatic rings. The molecule has 0 unspecified atom stereocenters. The third-order valence-corrected chi connectivity index (χ3v) is 3.22. The molecule has 0 bridgehead atoms. The van der Waals surface area contributed by atoms with Gasteiger partial charge in [0.15, 0.2) is 0 Å². The Morgan fingerprint density at radius 2 is 2.00 bits per heavy atom. The largest absolute Gasteiger partial charge is 0.376 e. The van der Waals surface area contributed by atoms with Crippen molar-refractivity contribution in [1.82, 2.24) is 5.32 Å². The highest BCUT2D eigenvalue weighted by Gasteiger charge is 2.30. The van der Waals surface area contributed by atoms with E-state index in [4.69, 9.17) is 4.74 Å². The van der Waals surface area contributed by atoms with Gasteiger partial charge in [0.1, 0.15) is 0 Å². The Morgan fingerprint density at radius 3 is 2.47 bits per heavy atom. The minimum Gasteiger partial charge on any atom is -0.376 e. The van der Waals surface area contributed by atoms with E-state index in [1.165, 1.54) is 31.8 Å². The first-order valence-electron chi connectivity index (χ1n) is 5.68. The number of hydrogen-bond acceptors (Lipinski definition) is 2. The maximum Gasteiger partial charge on any atom is 0.243 e. The van der Waals surface area contributed by atoms with Crippen LogP contribution in [0.15, 0.2) is 12.7 Å². The van der Waals surface area contributed by atoms with Gasteiger partial charge < -0.3 is 10.1 Å². The fourth-order valence-corrected chi connectivity index (χ4v) is 2.15. The van der Waals surface area contributed by atoms with Gasteiger partial charge in [-0.15, -0.1) is 0 Å². The van der Waals surface area contributed by atoms with Crippen LogP contribution >= 0.6 is 0 Å². The highest BCUT2D eigenvalue weighted by atomic mass is 16.5. The number of nitrogens with one attached hydrogen (secondary N) is 1. The lowest BCUT2D eigenvalue weighted by Crippen LogP contribution is -2.43. The van der Waals surface area contributed by atoms with Crippen molar-refractivity contribution in [3.05, 3.63) is 12.7 Å². The lowest BCUT2D eigenvalue weighted by molar-refractivity contribution is -0.118. The quantitative estimate of drug-likeness (QED) is 0.571. The van der Waals surface area contributed by atoms with Gasteiger partial charge in [-0.2, -0.15) is 0 Å². The Bertz CT molecular complexity index is 218. The molecule has 1 fully saturated rings. The fraction of sp³-hybridized carbons (Fsp3) is 0.750. The van der Waals surface area contributed by atoms with E-state index in [-0.39, 0.29) is 11.5 Å². The van der Waals surface area contributed by atoms with E-state index >= 15 is 0 Å². The highest BCUT2D eigenvalue weighted by Crippen LogP contribution is 2.29. The number of rotatable bonds is 4. The van der Waals surface area contributed by atoms with Gasteiger partial charge in [0.05, 0.1) is 5.60 Å². The standard InChI is InChI=1S/C12H21NO2/c1-3-11(14)13-10-12(15-2)8-6-4-5-7-9-12/h3H,1,4-10H2,2H3,(H,13,14). The topological polar surface area (TPSA) is 38.3 Å². The number of hydrogen-bond donors (Lipinski definition) is 1.